The molecule has 0 rings (SSSR count). The minimum Gasteiger partial charge on any atom is -0.296 e. The maximum absolute atomic E-state index is 10.5. The van der Waals surface area contributed by atoms with E-state index in [1.807, 2.05) is 13.8 Å². The number of hydrogen-bond donors (Lipinski definition) is 2. The lowest BCUT2D eigenvalue weighted by molar-refractivity contribution is -0.114. The van der Waals surface area contributed by atoms with Crippen LogP contribution in [0.15, 0.2) is 0 Å². The first-order valence-corrected chi connectivity index (χ1v) is 5.72. The van der Waals surface area contributed by atoms with Gasteiger partial charge in [0.1, 0.15) is 6.16 Å². The Morgan fingerprint density at radius 1 is 1.45 bits per heavy atom. The molecular formula is C7H16O3P+. The van der Waals surface area contributed by atoms with E-state index in [1.54, 1.807) is 0 Å². The average Bonchev–Trinajstić information content (AvgIpc) is 1.53. The van der Waals surface area contributed by atoms with Gasteiger partial charge in [0, 0.05) is 0 Å². The van der Waals surface area contributed by atoms with Gasteiger partial charge in [0.05, 0.1) is 0 Å². The molecule has 0 unspecified atom stereocenters. The van der Waals surface area contributed by atoms with Crippen LogP contribution in [0, 0.1) is 5.92 Å². The van der Waals surface area contributed by atoms with Gasteiger partial charge >= 0.3 is 0 Å². The van der Waals surface area contributed by atoms with Crippen molar-refractivity contribution >= 4 is 13.5 Å². The van der Waals surface area contributed by atoms with E-state index in [0.717, 1.165) is 0 Å². The molecule has 0 saturated carbocycles. The van der Waals surface area contributed by atoms with Gasteiger partial charge in [-0.3, -0.25) is 4.79 Å². The highest BCUT2D eigenvalue weighted by atomic mass is 31.2. The molecule has 0 saturated heterocycles. The molecule has 11 heavy (non-hydrogen) atoms. The quantitative estimate of drug-likeness (QED) is 0.634. The fourth-order valence-electron chi connectivity index (χ4n) is 1.01. The minimum atomic E-state index is -2.90. The highest BCUT2D eigenvalue weighted by Crippen LogP contribution is 2.50. The van der Waals surface area contributed by atoms with E-state index in [4.69, 9.17) is 0 Å². The maximum Gasteiger partial charge on any atom is 0.275 e. The molecule has 2 N–H and O–H groups in total. The van der Waals surface area contributed by atoms with E-state index in [-0.39, 0.29) is 17.9 Å². The number of rotatable bonds is 4. The van der Waals surface area contributed by atoms with Crippen LogP contribution in [-0.2, 0) is 4.79 Å². The third-order valence-corrected chi connectivity index (χ3v) is 3.40. The van der Waals surface area contributed by atoms with Gasteiger partial charge in [-0.2, -0.15) is 0 Å². The van der Waals surface area contributed by atoms with Crippen molar-refractivity contribution in [2.45, 2.75) is 20.8 Å². The van der Waals surface area contributed by atoms with Crippen LogP contribution >= 0.6 is 7.72 Å². The van der Waals surface area contributed by atoms with Crippen LogP contribution in [-0.4, -0.2) is 27.9 Å². The van der Waals surface area contributed by atoms with Gasteiger partial charge in [0.25, 0.3) is 7.72 Å². The molecule has 4 heteroatoms. The lowest BCUT2D eigenvalue weighted by Gasteiger charge is -2.12. The minimum absolute atomic E-state index is 0.0643. The molecule has 0 aliphatic carbocycles. The Bertz CT molecular complexity index is 143. The molecule has 0 radical (unpaired) electrons. The van der Waals surface area contributed by atoms with Crippen LogP contribution < -0.4 is 0 Å². The lowest BCUT2D eigenvalue weighted by Crippen LogP contribution is -2.11. The Labute approximate surface area is 67.9 Å². The van der Waals surface area contributed by atoms with Gasteiger partial charge in [0.15, 0.2) is 11.9 Å². The first-order chi connectivity index (χ1) is 4.83. The van der Waals surface area contributed by atoms with E-state index >= 15 is 0 Å². The highest BCUT2D eigenvalue weighted by molar-refractivity contribution is 7.65. The molecule has 0 amide bonds. The summed E-state index contributed by atoms with van der Waals surface area (Å²) in [5.41, 5.74) is 0. The lowest BCUT2D eigenvalue weighted by atomic mass is 10.3. The van der Waals surface area contributed by atoms with Crippen LogP contribution in [0.5, 0.6) is 0 Å². The summed E-state index contributed by atoms with van der Waals surface area (Å²) >= 11 is 0. The summed E-state index contributed by atoms with van der Waals surface area (Å²) in [7, 11) is -2.90. The van der Waals surface area contributed by atoms with Crippen molar-refractivity contribution in [3.05, 3.63) is 0 Å². The zero-order valence-corrected chi connectivity index (χ0v) is 8.14. The fraction of sp³-hybridized carbons (Fsp3) is 0.857. The molecule has 66 valence electrons. The fourth-order valence-corrected chi connectivity index (χ4v) is 3.02. The van der Waals surface area contributed by atoms with Gasteiger partial charge in [-0.1, -0.05) is 13.8 Å². The average molecular weight is 179 g/mol. The number of Topliss-reactive ketones (excluding diaryl/α,β-unsaturated/α-hetero) is 1. The maximum atomic E-state index is 10.5. The van der Waals surface area contributed by atoms with Crippen LogP contribution in [0.2, 0.25) is 0 Å². The molecular weight excluding hydrogens is 163 g/mol. The van der Waals surface area contributed by atoms with Crippen molar-refractivity contribution in [3.63, 3.8) is 0 Å². The Balaban J connectivity index is 3.89. The normalized spacial score (nSPS) is 12.2. The zero-order chi connectivity index (χ0) is 9.07. The number of carbonyl (C=O) groups excluding carboxylic acids is 1. The Hall–Kier alpha value is 0.0200. The topological polar surface area (TPSA) is 57.5 Å². The molecule has 0 spiro atoms. The molecule has 0 aliphatic rings. The number of ketones is 1. The van der Waals surface area contributed by atoms with E-state index in [1.165, 1.54) is 6.92 Å². The molecule has 0 fully saturated rings. The van der Waals surface area contributed by atoms with Crippen molar-refractivity contribution in [3.8, 4) is 0 Å². The summed E-state index contributed by atoms with van der Waals surface area (Å²) in [6, 6.07) is 0. The summed E-state index contributed by atoms with van der Waals surface area (Å²) in [6.07, 6.45) is 0.289. The van der Waals surface area contributed by atoms with E-state index < -0.39 is 7.72 Å². The van der Waals surface area contributed by atoms with Crippen molar-refractivity contribution in [1.82, 2.24) is 0 Å². The summed E-state index contributed by atoms with van der Waals surface area (Å²) < 4.78 is 0. The van der Waals surface area contributed by atoms with Crippen LogP contribution in [0.4, 0.5) is 0 Å². The standard InChI is InChI=1S/C7H16O3P/c1-6(2)4-11(9,10)5-7(3)8/h6,9-10H,4-5H2,1-3H3/q+1. The van der Waals surface area contributed by atoms with Gasteiger partial charge < -0.3 is 0 Å². The van der Waals surface area contributed by atoms with Gasteiger partial charge in [-0.05, 0) is 12.8 Å². The van der Waals surface area contributed by atoms with Gasteiger partial charge in [0.2, 0.25) is 0 Å². The predicted octanol–water partition coefficient (Wildman–Crippen LogP) is 1.06. The zero-order valence-electron chi connectivity index (χ0n) is 7.24. The summed E-state index contributed by atoms with van der Waals surface area (Å²) in [6.45, 7) is 5.18. The Morgan fingerprint density at radius 2 is 1.91 bits per heavy atom. The van der Waals surface area contributed by atoms with Crippen LogP contribution in [0.25, 0.3) is 0 Å². The monoisotopic (exact) mass is 179 g/mol. The van der Waals surface area contributed by atoms with E-state index in [9.17, 15) is 14.6 Å². The van der Waals surface area contributed by atoms with Crippen molar-refractivity contribution in [2.75, 3.05) is 12.3 Å². The number of carbonyl (C=O) groups is 1. The largest absolute Gasteiger partial charge is 0.296 e. The third-order valence-electron chi connectivity index (χ3n) is 1.13. The van der Waals surface area contributed by atoms with E-state index in [0.29, 0.717) is 6.16 Å². The first-order valence-electron chi connectivity index (χ1n) is 3.65. The summed E-state index contributed by atoms with van der Waals surface area (Å²) in [4.78, 5) is 29.2. The summed E-state index contributed by atoms with van der Waals surface area (Å²) in [5, 5.41) is 0. The van der Waals surface area contributed by atoms with Gasteiger partial charge in [-0.25, -0.2) is 9.79 Å². The second-order valence-electron chi connectivity index (χ2n) is 3.32. The molecule has 0 aliphatic heterocycles. The van der Waals surface area contributed by atoms with Crippen LogP contribution in [0.1, 0.15) is 20.8 Å². The third kappa shape index (κ3) is 6.42. The molecule has 0 atom stereocenters. The molecule has 0 heterocycles. The molecule has 0 aromatic carbocycles. The molecule has 0 bridgehead atoms. The highest BCUT2D eigenvalue weighted by Gasteiger charge is 2.35. The first kappa shape index (κ1) is 11.0. The molecule has 3 nitrogen and oxygen atoms in total. The van der Waals surface area contributed by atoms with Crippen molar-refractivity contribution < 1.29 is 14.6 Å². The Morgan fingerprint density at radius 3 is 2.18 bits per heavy atom. The summed E-state index contributed by atoms with van der Waals surface area (Å²) in [5.74, 6) is 0.0849. The SMILES string of the molecule is CC(=O)C[P+](O)(O)CC(C)C. The van der Waals surface area contributed by atoms with E-state index in [2.05, 4.69) is 0 Å². The van der Waals surface area contributed by atoms with Crippen molar-refractivity contribution in [2.24, 2.45) is 5.92 Å². The number of hydrogen-bond acceptors (Lipinski definition) is 3. The molecule has 0 aromatic heterocycles. The van der Waals surface area contributed by atoms with Gasteiger partial charge in [-0.15, -0.1) is 0 Å². The predicted molar refractivity (Wildman–Crippen MR) is 46.6 cm³/mol. The van der Waals surface area contributed by atoms with Crippen LogP contribution in [0.3, 0.4) is 0 Å². The Kier molecular flexibility index (Phi) is 4.16. The van der Waals surface area contributed by atoms with Crippen molar-refractivity contribution in [1.29, 1.82) is 0 Å². The molecule has 0 aromatic rings. The second-order valence-corrected chi connectivity index (χ2v) is 5.75. The second kappa shape index (κ2) is 4.15. The smallest absolute Gasteiger partial charge is 0.275 e.